The maximum atomic E-state index is 12.9. The molecular weight excluding hydrogens is 398 g/mol. The number of carbonyl (C=O) groups is 2. The molecule has 7 heteroatoms. The molecule has 5 rings (SSSR count). The minimum absolute atomic E-state index is 0.0693. The number of carbonyl (C=O) groups excluding carboxylic acids is 2. The second-order valence-corrected chi connectivity index (χ2v) is 10.5. The number of thiophene rings is 1. The third-order valence-corrected chi connectivity index (χ3v) is 8.32. The smallest absolute Gasteiger partial charge is 0.225 e. The number of fused-ring (bicyclic) bond motifs is 1. The van der Waals surface area contributed by atoms with Gasteiger partial charge in [-0.15, -0.1) is 0 Å². The summed E-state index contributed by atoms with van der Waals surface area (Å²) in [6.45, 7) is 2.49. The SMILES string of the molecule is CN(C(=O)C[C@@H]1CN(Cc2ccsc2)[C@@H]2CO[C@@H](CC(=O)N(C)C3CC3)[C@H]12)C1CC1. The van der Waals surface area contributed by atoms with Crippen LogP contribution < -0.4 is 0 Å². The Kier molecular flexibility index (Phi) is 5.62. The molecule has 2 saturated carbocycles. The lowest BCUT2D eigenvalue weighted by atomic mass is 9.84. The van der Waals surface area contributed by atoms with Crippen LogP contribution in [-0.2, 0) is 20.9 Å². The van der Waals surface area contributed by atoms with Crippen LogP contribution >= 0.6 is 11.3 Å². The summed E-state index contributed by atoms with van der Waals surface area (Å²) in [5.41, 5.74) is 1.33. The minimum atomic E-state index is -0.0693. The number of amides is 2. The Morgan fingerprint density at radius 3 is 2.37 bits per heavy atom. The Hall–Kier alpha value is -1.44. The predicted molar refractivity (Wildman–Crippen MR) is 116 cm³/mol. The Balaban J connectivity index is 1.29. The summed E-state index contributed by atoms with van der Waals surface area (Å²) in [7, 11) is 3.88. The zero-order valence-corrected chi connectivity index (χ0v) is 18.9. The molecule has 2 amide bonds. The van der Waals surface area contributed by atoms with E-state index in [4.69, 9.17) is 4.74 Å². The third-order valence-electron chi connectivity index (χ3n) is 7.59. The highest BCUT2D eigenvalue weighted by molar-refractivity contribution is 7.07. The monoisotopic (exact) mass is 431 g/mol. The van der Waals surface area contributed by atoms with E-state index in [-0.39, 0.29) is 29.8 Å². The lowest BCUT2D eigenvalue weighted by molar-refractivity contribution is -0.133. The summed E-state index contributed by atoms with van der Waals surface area (Å²) < 4.78 is 6.21. The summed E-state index contributed by atoms with van der Waals surface area (Å²) in [6.07, 6.45) is 5.47. The van der Waals surface area contributed by atoms with Gasteiger partial charge in [0.2, 0.25) is 11.8 Å². The van der Waals surface area contributed by atoms with E-state index >= 15 is 0 Å². The van der Waals surface area contributed by atoms with Gasteiger partial charge in [-0.25, -0.2) is 0 Å². The standard InChI is InChI=1S/C23H33N3O3S/c1-24(17-3-4-17)21(27)9-16-12-26(11-15-7-8-30-14-15)19-13-29-20(23(16)19)10-22(28)25(2)18-5-6-18/h7-8,14,16-20,23H,3-6,9-13H2,1-2H3/t16-,19-,20+,23-/m1/s1. The molecule has 0 spiro atoms. The molecule has 0 unspecified atom stereocenters. The van der Waals surface area contributed by atoms with E-state index in [1.165, 1.54) is 5.56 Å². The minimum Gasteiger partial charge on any atom is -0.376 e. The summed E-state index contributed by atoms with van der Waals surface area (Å²) in [5, 5.41) is 4.32. The van der Waals surface area contributed by atoms with Crippen molar-refractivity contribution in [2.75, 3.05) is 27.2 Å². The van der Waals surface area contributed by atoms with Crippen LogP contribution in [0.25, 0.3) is 0 Å². The largest absolute Gasteiger partial charge is 0.376 e. The van der Waals surface area contributed by atoms with Crippen LogP contribution in [-0.4, -0.2) is 78.0 Å². The van der Waals surface area contributed by atoms with Gasteiger partial charge in [0.25, 0.3) is 0 Å². The first kappa shape index (κ1) is 20.5. The van der Waals surface area contributed by atoms with Gasteiger partial charge >= 0.3 is 0 Å². The summed E-state index contributed by atoms with van der Waals surface area (Å²) >= 11 is 1.73. The van der Waals surface area contributed by atoms with E-state index in [1.807, 2.05) is 23.9 Å². The first-order valence-corrected chi connectivity index (χ1v) is 12.3. The van der Waals surface area contributed by atoms with Crippen molar-refractivity contribution in [2.24, 2.45) is 11.8 Å². The highest BCUT2D eigenvalue weighted by atomic mass is 32.1. The number of nitrogens with zero attached hydrogens (tertiary/aromatic N) is 3. The molecule has 1 aromatic heterocycles. The van der Waals surface area contributed by atoms with Gasteiger partial charge in [-0.05, 0) is 54.0 Å². The van der Waals surface area contributed by atoms with Crippen molar-refractivity contribution < 1.29 is 14.3 Å². The molecule has 0 N–H and O–H groups in total. The fourth-order valence-corrected chi connectivity index (χ4v) is 6.09. The zero-order valence-electron chi connectivity index (χ0n) is 18.0. The molecule has 1 aromatic rings. The normalized spacial score (nSPS) is 31.0. The molecule has 2 aliphatic carbocycles. The number of hydrogen-bond donors (Lipinski definition) is 0. The summed E-state index contributed by atoms with van der Waals surface area (Å²) in [4.78, 5) is 32.1. The van der Waals surface area contributed by atoms with Crippen molar-refractivity contribution in [3.8, 4) is 0 Å². The van der Waals surface area contributed by atoms with Crippen molar-refractivity contribution in [1.82, 2.24) is 14.7 Å². The molecule has 0 radical (unpaired) electrons. The van der Waals surface area contributed by atoms with E-state index in [1.54, 1.807) is 11.3 Å². The van der Waals surface area contributed by atoms with Crippen LogP contribution in [0.2, 0.25) is 0 Å². The fourth-order valence-electron chi connectivity index (χ4n) is 5.43. The predicted octanol–water partition coefficient (Wildman–Crippen LogP) is 2.59. The van der Waals surface area contributed by atoms with Gasteiger partial charge in [0, 0.05) is 57.6 Å². The molecule has 0 bridgehead atoms. The average Bonchev–Trinajstić information content (AvgIpc) is 3.64. The number of rotatable bonds is 8. The summed E-state index contributed by atoms with van der Waals surface area (Å²) in [6, 6.07) is 3.36. The maximum Gasteiger partial charge on any atom is 0.225 e. The van der Waals surface area contributed by atoms with Gasteiger partial charge in [0.15, 0.2) is 0 Å². The lowest BCUT2D eigenvalue weighted by Gasteiger charge is -2.26. The van der Waals surface area contributed by atoms with Gasteiger partial charge < -0.3 is 14.5 Å². The van der Waals surface area contributed by atoms with Gasteiger partial charge in [-0.2, -0.15) is 11.3 Å². The zero-order chi connectivity index (χ0) is 20.8. The quantitative estimate of drug-likeness (QED) is 0.635. The van der Waals surface area contributed by atoms with E-state index in [0.29, 0.717) is 37.6 Å². The lowest BCUT2D eigenvalue weighted by Crippen LogP contribution is -2.37. The van der Waals surface area contributed by atoms with Gasteiger partial charge in [-0.1, -0.05) is 0 Å². The molecule has 4 aliphatic rings. The van der Waals surface area contributed by atoms with Crippen molar-refractivity contribution in [3.63, 3.8) is 0 Å². The van der Waals surface area contributed by atoms with E-state index in [9.17, 15) is 9.59 Å². The van der Waals surface area contributed by atoms with Crippen molar-refractivity contribution >= 4 is 23.2 Å². The van der Waals surface area contributed by atoms with Gasteiger partial charge in [0.1, 0.15) is 0 Å². The number of likely N-dealkylation sites (tertiary alicyclic amines) is 1. The highest BCUT2D eigenvalue weighted by Crippen LogP contribution is 2.43. The first-order valence-electron chi connectivity index (χ1n) is 11.4. The van der Waals surface area contributed by atoms with E-state index in [2.05, 4.69) is 21.7 Å². The van der Waals surface area contributed by atoms with Crippen LogP contribution in [0.4, 0.5) is 0 Å². The van der Waals surface area contributed by atoms with Crippen LogP contribution in [0.3, 0.4) is 0 Å². The van der Waals surface area contributed by atoms with Crippen LogP contribution in [0.15, 0.2) is 16.8 Å². The molecule has 3 heterocycles. The van der Waals surface area contributed by atoms with Gasteiger partial charge in [-0.3, -0.25) is 14.5 Å². The Labute approximate surface area is 183 Å². The summed E-state index contributed by atoms with van der Waals surface area (Å²) in [5.74, 6) is 0.968. The van der Waals surface area contributed by atoms with E-state index in [0.717, 1.165) is 38.8 Å². The van der Waals surface area contributed by atoms with Crippen molar-refractivity contribution in [1.29, 1.82) is 0 Å². The fraction of sp³-hybridized carbons (Fsp3) is 0.739. The Morgan fingerprint density at radius 1 is 1.10 bits per heavy atom. The van der Waals surface area contributed by atoms with Crippen LogP contribution in [0.5, 0.6) is 0 Å². The van der Waals surface area contributed by atoms with Crippen LogP contribution in [0.1, 0.15) is 44.1 Å². The van der Waals surface area contributed by atoms with E-state index < -0.39 is 0 Å². The number of hydrogen-bond acceptors (Lipinski definition) is 5. The van der Waals surface area contributed by atoms with Gasteiger partial charge in [0.05, 0.1) is 19.1 Å². The topological polar surface area (TPSA) is 53.1 Å². The van der Waals surface area contributed by atoms with Crippen molar-refractivity contribution in [2.45, 2.75) is 69.3 Å². The van der Waals surface area contributed by atoms with Crippen LogP contribution in [0, 0.1) is 11.8 Å². The molecule has 30 heavy (non-hydrogen) atoms. The molecule has 2 saturated heterocycles. The molecule has 4 atom stereocenters. The maximum absolute atomic E-state index is 12.9. The third kappa shape index (κ3) is 4.16. The number of ether oxygens (including phenoxy) is 1. The average molecular weight is 432 g/mol. The molecule has 0 aromatic carbocycles. The molecule has 164 valence electrons. The van der Waals surface area contributed by atoms with Crippen molar-refractivity contribution in [3.05, 3.63) is 22.4 Å². The molecular formula is C23H33N3O3S. The first-order chi connectivity index (χ1) is 14.5. The molecule has 2 aliphatic heterocycles. The highest BCUT2D eigenvalue weighted by Gasteiger charge is 2.52. The second-order valence-electron chi connectivity index (χ2n) is 9.72. The Morgan fingerprint density at radius 2 is 1.77 bits per heavy atom. The Bertz CT molecular complexity index is 777. The molecule has 4 fully saturated rings. The molecule has 6 nitrogen and oxygen atoms in total. The second kappa shape index (κ2) is 8.24.